The van der Waals surface area contributed by atoms with Crippen LogP contribution in [-0.4, -0.2) is 23.2 Å². The summed E-state index contributed by atoms with van der Waals surface area (Å²) in [5, 5.41) is 12.8. The number of carbonyl (C=O) groups excluding carboxylic acids is 1. The van der Waals surface area contributed by atoms with E-state index in [4.69, 9.17) is 5.73 Å². The smallest absolute Gasteiger partial charge is 0.248 e. The number of amides is 1. The quantitative estimate of drug-likeness (QED) is 0.685. The van der Waals surface area contributed by atoms with Gasteiger partial charge in [-0.2, -0.15) is 0 Å². The molecule has 18 heavy (non-hydrogen) atoms. The van der Waals surface area contributed by atoms with Crippen molar-refractivity contribution in [3.05, 3.63) is 35.4 Å². The van der Waals surface area contributed by atoms with Crippen molar-refractivity contribution in [3.8, 4) is 0 Å². The topological polar surface area (TPSA) is 75.3 Å². The van der Waals surface area contributed by atoms with Gasteiger partial charge in [-0.1, -0.05) is 26.0 Å². The van der Waals surface area contributed by atoms with Crippen LogP contribution in [0.2, 0.25) is 0 Å². The molecule has 1 rings (SSSR count). The third-order valence-electron chi connectivity index (χ3n) is 3.54. The summed E-state index contributed by atoms with van der Waals surface area (Å²) in [5.74, 6) is -0.420. The number of nitrogens with one attached hydrogen (secondary N) is 1. The average molecular weight is 250 g/mol. The summed E-state index contributed by atoms with van der Waals surface area (Å²) in [6, 6.07) is 7.23. The molecule has 4 nitrogen and oxygen atoms in total. The maximum absolute atomic E-state index is 11.1. The monoisotopic (exact) mass is 250 g/mol. The fourth-order valence-corrected chi connectivity index (χ4v) is 1.90. The van der Waals surface area contributed by atoms with Crippen LogP contribution in [0.4, 0.5) is 0 Å². The van der Waals surface area contributed by atoms with Gasteiger partial charge < -0.3 is 16.2 Å². The van der Waals surface area contributed by atoms with Gasteiger partial charge in [0.05, 0.1) is 6.61 Å². The highest BCUT2D eigenvalue weighted by Gasteiger charge is 2.23. The molecule has 0 aliphatic heterocycles. The number of hydrogen-bond donors (Lipinski definition) is 3. The summed E-state index contributed by atoms with van der Waals surface area (Å²) in [7, 11) is 0. The molecule has 0 bridgehead atoms. The van der Waals surface area contributed by atoms with Gasteiger partial charge in [0.1, 0.15) is 0 Å². The van der Waals surface area contributed by atoms with Crippen molar-refractivity contribution >= 4 is 5.91 Å². The second kappa shape index (κ2) is 6.52. The molecular weight excluding hydrogens is 228 g/mol. The first-order valence-corrected chi connectivity index (χ1v) is 6.31. The van der Waals surface area contributed by atoms with Crippen LogP contribution in [0.5, 0.6) is 0 Å². The summed E-state index contributed by atoms with van der Waals surface area (Å²) in [6.45, 7) is 4.82. The average Bonchev–Trinajstić information content (AvgIpc) is 2.41. The lowest BCUT2D eigenvalue weighted by atomic mass is 9.93. The summed E-state index contributed by atoms with van der Waals surface area (Å²) in [6.07, 6.45) is 1.71. The van der Waals surface area contributed by atoms with Crippen LogP contribution in [0.25, 0.3) is 0 Å². The minimum atomic E-state index is -0.420. The maximum atomic E-state index is 11.1. The molecule has 100 valence electrons. The fourth-order valence-electron chi connectivity index (χ4n) is 1.90. The highest BCUT2D eigenvalue weighted by atomic mass is 16.3. The number of nitrogens with two attached hydrogens (primary N) is 1. The predicted molar refractivity (Wildman–Crippen MR) is 72.2 cm³/mol. The molecule has 1 aromatic rings. The minimum absolute atomic E-state index is 0.107. The van der Waals surface area contributed by atoms with E-state index >= 15 is 0 Å². The van der Waals surface area contributed by atoms with E-state index in [1.54, 1.807) is 12.1 Å². The van der Waals surface area contributed by atoms with Crippen LogP contribution in [0, 0.1) is 0 Å². The molecular formula is C14H22N2O2. The Bertz CT molecular complexity index is 392. The Hall–Kier alpha value is -1.39. The van der Waals surface area contributed by atoms with Gasteiger partial charge in [0.25, 0.3) is 0 Å². The first kappa shape index (κ1) is 14.7. The van der Waals surface area contributed by atoms with Gasteiger partial charge in [0, 0.05) is 17.6 Å². The molecule has 0 aliphatic carbocycles. The lowest BCUT2D eigenvalue weighted by molar-refractivity contribution is 0.1000. The molecule has 0 atom stereocenters. The predicted octanol–water partition coefficient (Wildman–Crippen LogP) is 1.43. The van der Waals surface area contributed by atoms with Crippen LogP contribution >= 0.6 is 0 Å². The molecule has 0 heterocycles. The Morgan fingerprint density at radius 1 is 1.39 bits per heavy atom. The molecule has 0 saturated heterocycles. The second-order valence-electron chi connectivity index (χ2n) is 4.56. The van der Waals surface area contributed by atoms with Crippen LogP contribution in [0.15, 0.2) is 24.3 Å². The van der Waals surface area contributed by atoms with Crippen LogP contribution in [0.3, 0.4) is 0 Å². The normalized spacial score (nSPS) is 11.5. The molecule has 0 saturated carbocycles. The molecule has 0 radical (unpaired) electrons. The van der Waals surface area contributed by atoms with E-state index < -0.39 is 5.91 Å². The minimum Gasteiger partial charge on any atom is -0.394 e. The summed E-state index contributed by atoms with van der Waals surface area (Å²) in [5.41, 5.74) is 6.50. The van der Waals surface area contributed by atoms with Crippen molar-refractivity contribution in [3.63, 3.8) is 0 Å². The van der Waals surface area contributed by atoms with Gasteiger partial charge in [0.15, 0.2) is 0 Å². The van der Waals surface area contributed by atoms with E-state index in [9.17, 15) is 9.90 Å². The zero-order valence-corrected chi connectivity index (χ0v) is 11.1. The molecule has 0 fully saturated rings. The summed E-state index contributed by atoms with van der Waals surface area (Å²) >= 11 is 0. The number of primary amides is 1. The number of rotatable bonds is 7. The Morgan fingerprint density at radius 3 is 2.56 bits per heavy atom. The zero-order valence-electron chi connectivity index (χ0n) is 11.1. The van der Waals surface area contributed by atoms with Crippen LogP contribution in [-0.2, 0) is 6.54 Å². The van der Waals surface area contributed by atoms with E-state index in [-0.39, 0.29) is 12.1 Å². The van der Waals surface area contributed by atoms with E-state index in [0.717, 1.165) is 18.4 Å². The van der Waals surface area contributed by atoms with Gasteiger partial charge in [-0.05, 0) is 30.5 Å². The van der Waals surface area contributed by atoms with Crippen molar-refractivity contribution < 1.29 is 9.90 Å². The molecule has 0 aliphatic rings. The van der Waals surface area contributed by atoms with Crippen molar-refractivity contribution in [1.82, 2.24) is 5.32 Å². The van der Waals surface area contributed by atoms with Gasteiger partial charge in [-0.15, -0.1) is 0 Å². The van der Waals surface area contributed by atoms with Crippen molar-refractivity contribution in [2.45, 2.75) is 38.8 Å². The van der Waals surface area contributed by atoms with Crippen molar-refractivity contribution in [2.75, 3.05) is 6.61 Å². The first-order valence-electron chi connectivity index (χ1n) is 6.31. The van der Waals surface area contributed by atoms with E-state index in [1.165, 1.54) is 0 Å². The highest BCUT2D eigenvalue weighted by molar-refractivity contribution is 5.92. The molecule has 1 amide bonds. The Balaban J connectivity index is 2.73. The third kappa shape index (κ3) is 3.55. The van der Waals surface area contributed by atoms with Crippen LogP contribution in [0.1, 0.15) is 42.6 Å². The molecule has 0 aromatic heterocycles. The summed E-state index contributed by atoms with van der Waals surface area (Å²) in [4.78, 5) is 11.1. The molecule has 4 heteroatoms. The zero-order chi connectivity index (χ0) is 13.6. The van der Waals surface area contributed by atoms with Crippen molar-refractivity contribution in [1.29, 1.82) is 0 Å². The molecule has 0 spiro atoms. The van der Waals surface area contributed by atoms with Gasteiger partial charge in [0.2, 0.25) is 5.91 Å². The largest absolute Gasteiger partial charge is 0.394 e. The van der Waals surface area contributed by atoms with Crippen molar-refractivity contribution in [2.24, 2.45) is 5.73 Å². The number of aliphatic hydroxyl groups is 1. The van der Waals surface area contributed by atoms with Gasteiger partial charge in [-0.3, -0.25) is 4.79 Å². The van der Waals surface area contributed by atoms with E-state index in [2.05, 4.69) is 5.32 Å². The molecule has 0 unspecified atom stereocenters. The lowest BCUT2D eigenvalue weighted by Crippen LogP contribution is -2.47. The van der Waals surface area contributed by atoms with E-state index in [1.807, 2.05) is 26.0 Å². The maximum Gasteiger partial charge on any atom is 0.248 e. The first-order chi connectivity index (χ1) is 8.56. The fraction of sp³-hybridized carbons (Fsp3) is 0.500. The number of benzene rings is 1. The number of carbonyl (C=O) groups is 1. The molecule has 1 aromatic carbocycles. The van der Waals surface area contributed by atoms with Gasteiger partial charge in [-0.25, -0.2) is 0 Å². The Morgan fingerprint density at radius 2 is 2.06 bits per heavy atom. The lowest BCUT2D eigenvalue weighted by Gasteiger charge is -2.31. The third-order valence-corrected chi connectivity index (χ3v) is 3.54. The molecule has 4 N–H and O–H groups in total. The Labute approximate surface area is 108 Å². The van der Waals surface area contributed by atoms with Crippen LogP contribution < -0.4 is 11.1 Å². The SMILES string of the molecule is CCC(CC)(CO)NCc1cccc(C(N)=O)c1. The number of aliphatic hydroxyl groups excluding tert-OH is 1. The van der Waals surface area contributed by atoms with E-state index in [0.29, 0.717) is 12.1 Å². The second-order valence-corrected chi connectivity index (χ2v) is 4.56. The standard InChI is InChI=1S/C14H22N2O2/c1-3-14(4-2,10-17)16-9-11-6-5-7-12(8-11)13(15)18/h5-8,16-17H,3-4,9-10H2,1-2H3,(H2,15,18). The van der Waals surface area contributed by atoms with Gasteiger partial charge >= 0.3 is 0 Å². The summed E-state index contributed by atoms with van der Waals surface area (Å²) < 4.78 is 0. The number of hydrogen-bond acceptors (Lipinski definition) is 3. The highest BCUT2D eigenvalue weighted by Crippen LogP contribution is 2.15. The Kier molecular flexibility index (Phi) is 5.31.